The van der Waals surface area contributed by atoms with Gasteiger partial charge in [-0.2, -0.15) is 0 Å². The Kier molecular flexibility index (Phi) is 5.20. The Labute approximate surface area is 171 Å². The van der Waals surface area contributed by atoms with E-state index in [1.807, 2.05) is 6.21 Å². The lowest BCUT2D eigenvalue weighted by Gasteiger charge is -2.32. The molecule has 0 spiro atoms. The van der Waals surface area contributed by atoms with Crippen LogP contribution in [0.15, 0.2) is 53.7 Å². The molecule has 2 aromatic carbocycles. The Bertz CT molecular complexity index is 772. The fourth-order valence-corrected chi connectivity index (χ4v) is 3.85. The van der Waals surface area contributed by atoms with Gasteiger partial charge < -0.3 is 4.84 Å². The molecule has 0 bridgehead atoms. The molecule has 0 aromatic heterocycles. The van der Waals surface area contributed by atoms with Gasteiger partial charge in [0.05, 0.1) is 6.21 Å². The minimum absolute atomic E-state index is 0.0199. The van der Waals surface area contributed by atoms with Crippen LogP contribution in [-0.4, -0.2) is 12.3 Å². The summed E-state index contributed by atoms with van der Waals surface area (Å²) in [5.74, 6) is 0.139. The molecule has 1 aliphatic rings. The van der Waals surface area contributed by atoms with Crippen molar-refractivity contribution in [1.82, 2.24) is 0 Å². The predicted octanol–water partition coefficient (Wildman–Crippen LogP) is 6.82. The van der Waals surface area contributed by atoms with Crippen LogP contribution >= 0.6 is 0 Å². The van der Waals surface area contributed by atoms with Gasteiger partial charge >= 0.3 is 0 Å². The van der Waals surface area contributed by atoms with Gasteiger partial charge in [-0.25, -0.2) is 0 Å². The number of nitrogens with zero attached hydrogens (tertiary/aromatic N) is 1. The van der Waals surface area contributed by atoms with Crippen molar-refractivity contribution in [2.24, 2.45) is 10.6 Å². The average molecular weight is 378 g/mol. The third-order valence-corrected chi connectivity index (χ3v) is 5.87. The minimum atomic E-state index is -0.115. The molecule has 0 fully saturated rings. The standard InChI is InChI=1S/C26H35NO/c1-24(2,3)20-13-9-18(10-14-20)22(23-26(7,8)17-27-28-23)19-11-15-21(16-12-19)25(4,5)6/h9-17,22-23H,1-8H3. The van der Waals surface area contributed by atoms with Crippen LogP contribution in [0.3, 0.4) is 0 Å². The number of benzene rings is 2. The first-order valence-electron chi connectivity index (χ1n) is 10.3. The third-order valence-electron chi connectivity index (χ3n) is 5.87. The highest BCUT2D eigenvalue weighted by Crippen LogP contribution is 2.42. The largest absolute Gasteiger partial charge is 0.391 e. The van der Waals surface area contributed by atoms with Crippen LogP contribution < -0.4 is 0 Å². The van der Waals surface area contributed by atoms with E-state index in [9.17, 15) is 0 Å². The van der Waals surface area contributed by atoms with Gasteiger partial charge in [-0.15, -0.1) is 0 Å². The van der Waals surface area contributed by atoms with E-state index >= 15 is 0 Å². The lowest BCUT2D eigenvalue weighted by Crippen LogP contribution is -2.34. The highest BCUT2D eigenvalue weighted by atomic mass is 16.6. The van der Waals surface area contributed by atoms with Crippen molar-refractivity contribution in [2.75, 3.05) is 0 Å². The van der Waals surface area contributed by atoms with Crippen molar-refractivity contribution in [3.05, 3.63) is 70.8 Å². The highest BCUT2D eigenvalue weighted by molar-refractivity contribution is 5.67. The number of hydrogen-bond acceptors (Lipinski definition) is 2. The molecule has 1 aliphatic heterocycles. The van der Waals surface area contributed by atoms with Crippen molar-refractivity contribution < 1.29 is 4.84 Å². The first-order chi connectivity index (χ1) is 12.9. The molecule has 1 heterocycles. The van der Waals surface area contributed by atoms with Crippen LogP contribution in [0, 0.1) is 5.41 Å². The number of hydrogen-bond donors (Lipinski definition) is 0. The van der Waals surface area contributed by atoms with Crippen LogP contribution in [0.25, 0.3) is 0 Å². The molecule has 150 valence electrons. The van der Waals surface area contributed by atoms with Gasteiger partial charge in [-0.1, -0.05) is 109 Å². The van der Waals surface area contributed by atoms with Crippen LogP contribution in [-0.2, 0) is 15.7 Å². The van der Waals surface area contributed by atoms with Gasteiger partial charge in [0.15, 0.2) is 0 Å². The van der Waals surface area contributed by atoms with Gasteiger partial charge in [0.25, 0.3) is 0 Å². The van der Waals surface area contributed by atoms with E-state index in [0.29, 0.717) is 0 Å². The maximum absolute atomic E-state index is 5.90. The molecule has 0 saturated heterocycles. The quantitative estimate of drug-likeness (QED) is 0.575. The summed E-state index contributed by atoms with van der Waals surface area (Å²) in [6.45, 7) is 17.9. The normalized spacial score (nSPS) is 19.1. The summed E-state index contributed by atoms with van der Waals surface area (Å²) in [6.07, 6.45) is 1.92. The molecular weight excluding hydrogens is 342 g/mol. The zero-order valence-electron chi connectivity index (χ0n) is 18.7. The summed E-state index contributed by atoms with van der Waals surface area (Å²) in [4.78, 5) is 5.90. The van der Waals surface area contributed by atoms with Gasteiger partial charge in [0, 0.05) is 11.3 Å². The maximum atomic E-state index is 5.90. The molecule has 1 atom stereocenters. The van der Waals surface area contributed by atoms with Gasteiger partial charge in [-0.3, -0.25) is 0 Å². The molecule has 2 heteroatoms. The van der Waals surface area contributed by atoms with Gasteiger partial charge in [0.1, 0.15) is 6.10 Å². The van der Waals surface area contributed by atoms with E-state index < -0.39 is 0 Å². The van der Waals surface area contributed by atoms with Crippen molar-refractivity contribution in [1.29, 1.82) is 0 Å². The first kappa shape index (κ1) is 20.6. The summed E-state index contributed by atoms with van der Waals surface area (Å²) < 4.78 is 0. The summed E-state index contributed by atoms with van der Waals surface area (Å²) in [6, 6.07) is 18.1. The Morgan fingerprint density at radius 1 is 0.750 bits per heavy atom. The summed E-state index contributed by atoms with van der Waals surface area (Å²) in [5, 5.41) is 4.18. The van der Waals surface area contributed by atoms with Crippen LogP contribution in [0.1, 0.15) is 83.6 Å². The monoisotopic (exact) mass is 377 g/mol. The summed E-state index contributed by atoms with van der Waals surface area (Å²) in [7, 11) is 0. The zero-order chi connectivity index (χ0) is 20.7. The third kappa shape index (κ3) is 4.16. The van der Waals surface area contributed by atoms with Crippen LogP contribution in [0.5, 0.6) is 0 Å². The van der Waals surface area contributed by atoms with E-state index in [0.717, 1.165) is 0 Å². The van der Waals surface area contributed by atoms with Crippen LogP contribution in [0.4, 0.5) is 0 Å². The summed E-state index contributed by atoms with van der Waals surface area (Å²) >= 11 is 0. The highest BCUT2D eigenvalue weighted by Gasteiger charge is 2.42. The molecule has 0 aliphatic carbocycles. The van der Waals surface area contributed by atoms with E-state index in [2.05, 4.69) is 109 Å². The number of rotatable bonds is 3. The SMILES string of the molecule is CC(C)(C)c1ccc(C(c2ccc(C(C)(C)C)cc2)C2ON=CC2(C)C)cc1. The van der Waals surface area contributed by atoms with Crippen LogP contribution in [0.2, 0.25) is 0 Å². The molecule has 0 amide bonds. The van der Waals surface area contributed by atoms with Gasteiger partial charge in [0.2, 0.25) is 0 Å². The lowest BCUT2D eigenvalue weighted by molar-refractivity contribution is 0.0248. The van der Waals surface area contributed by atoms with Gasteiger partial charge in [-0.05, 0) is 33.1 Å². The van der Waals surface area contributed by atoms with Crippen molar-refractivity contribution in [3.63, 3.8) is 0 Å². The second-order valence-electron chi connectivity index (χ2n) is 10.8. The second-order valence-corrected chi connectivity index (χ2v) is 10.8. The number of oxime groups is 1. The molecule has 0 saturated carbocycles. The zero-order valence-corrected chi connectivity index (χ0v) is 18.7. The van der Waals surface area contributed by atoms with Crippen molar-refractivity contribution >= 4 is 6.21 Å². The fraction of sp³-hybridized carbons (Fsp3) is 0.500. The summed E-state index contributed by atoms with van der Waals surface area (Å²) in [5.41, 5.74) is 5.43. The van der Waals surface area contributed by atoms with E-state index in [1.54, 1.807) is 0 Å². The predicted molar refractivity (Wildman–Crippen MR) is 119 cm³/mol. The molecular formula is C26H35NO. The molecule has 0 N–H and O–H groups in total. The molecule has 28 heavy (non-hydrogen) atoms. The van der Waals surface area contributed by atoms with E-state index in [1.165, 1.54) is 22.3 Å². The Morgan fingerprint density at radius 2 is 1.14 bits per heavy atom. The average Bonchev–Trinajstić information content (AvgIpc) is 2.94. The van der Waals surface area contributed by atoms with E-state index in [4.69, 9.17) is 4.84 Å². The molecule has 1 unspecified atom stereocenters. The Balaban J connectivity index is 2.04. The van der Waals surface area contributed by atoms with Crippen molar-refractivity contribution in [3.8, 4) is 0 Å². The molecule has 3 rings (SSSR count). The first-order valence-corrected chi connectivity index (χ1v) is 10.3. The molecule has 2 aromatic rings. The Morgan fingerprint density at radius 3 is 1.43 bits per heavy atom. The van der Waals surface area contributed by atoms with E-state index in [-0.39, 0.29) is 28.3 Å². The maximum Gasteiger partial charge on any atom is 0.148 e. The lowest BCUT2D eigenvalue weighted by atomic mass is 9.74. The minimum Gasteiger partial charge on any atom is -0.391 e. The molecule has 2 nitrogen and oxygen atoms in total. The van der Waals surface area contributed by atoms with Crippen molar-refractivity contribution in [2.45, 2.75) is 78.2 Å². The topological polar surface area (TPSA) is 21.6 Å². The fourth-order valence-electron chi connectivity index (χ4n) is 3.85. The second kappa shape index (κ2) is 7.06. The Hall–Kier alpha value is -2.09. The molecule has 0 radical (unpaired) electrons. The smallest absolute Gasteiger partial charge is 0.148 e.